The van der Waals surface area contributed by atoms with Crippen LogP contribution in [0.5, 0.6) is 0 Å². The molecule has 0 fully saturated rings. The van der Waals surface area contributed by atoms with Crippen LogP contribution in [0, 0.1) is 0 Å². The molecule has 2 rings (SSSR count). The molecule has 7 heteroatoms. The summed E-state index contributed by atoms with van der Waals surface area (Å²) >= 11 is 5.88. The first-order chi connectivity index (χ1) is 9.50. The Kier molecular flexibility index (Phi) is 3.86. The maximum Gasteiger partial charge on any atom is 0.337 e. The van der Waals surface area contributed by atoms with Gasteiger partial charge in [0.1, 0.15) is 5.56 Å². The molecule has 0 aliphatic heterocycles. The number of amides is 1. The molecule has 0 saturated heterocycles. The summed E-state index contributed by atoms with van der Waals surface area (Å²) in [6.07, 6.45) is 2.62. The number of aromatic nitrogens is 1. The predicted molar refractivity (Wildman–Crippen MR) is 73.4 cm³/mol. The van der Waals surface area contributed by atoms with Crippen LogP contribution in [0.25, 0.3) is 0 Å². The minimum absolute atomic E-state index is 0.0464. The van der Waals surface area contributed by atoms with Crippen molar-refractivity contribution in [3.8, 4) is 0 Å². The van der Waals surface area contributed by atoms with Crippen molar-refractivity contribution in [1.29, 1.82) is 0 Å². The number of hydrogen-bond donors (Lipinski definition) is 3. The van der Waals surface area contributed by atoms with Crippen molar-refractivity contribution in [2.45, 2.75) is 0 Å². The van der Waals surface area contributed by atoms with E-state index < -0.39 is 17.3 Å². The van der Waals surface area contributed by atoms with Gasteiger partial charge in [-0.25, -0.2) is 4.79 Å². The second-order valence-electron chi connectivity index (χ2n) is 3.84. The SMILES string of the molecule is O=C(O)c1cccc(Cl)c1NC(=O)c1c[nH]ccc1=O. The lowest BCUT2D eigenvalue weighted by atomic mass is 10.1. The molecule has 20 heavy (non-hydrogen) atoms. The number of nitrogens with one attached hydrogen (secondary N) is 2. The molecule has 2 aromatic rings. The number of carboxylic acids is 1. The highest BCUT2D eigenvalue weighted by atomic mass is 35.5. The van der Waals surface area contributed by atoms with Crippen LogP contribution in [0.15, 0.2) is 41.5 Å². The van der Waals surface area contributed by atoms with E-state index in [9.17, 15) is 14.4 Å². The number of anilines is 1. The van der Waals surface area contributed by atoms with Crippen LogP contribution >= 0.6 is 11.6 Å². The fourth-order valence-electron chi connectivity index (χ4n) is 1.60. The number of pyridine rings is 1. The van der Waals surface area contributed by atoms with E-state index in [4.69, 9.17) is 16.7 Å². The zero-order valence-corrected chi connectivity index (χ0v) is 10.8. The van der Waals surface area contributed by atoms with E-state index in [-0.39, 0.29) is 21.8 Å². The third kappa shape index (κ3) is 2.70. The summed E-state index contributed by atoms with van der Waals surface area (Å²) < 4.78 is 0. The molecule has 0 aliphatic carbocycles. The van der Waals surface area contributed by atoms with Crippen molar-refractivity contribution in [3.63, 3.8) is 0 Å². The summed E-state index contributed by atoms with van der Waals surface area (Å²) in [6.45, 7) is 0. The maximum absolute atomic E-state index is 12.0. The largest absolute Gasteiger partial charge is 0.478 e. The van der Waals surface area contributed by atoms with Crippen LogP contribution in [0.2, 0.25) is 5.02 Å². The molecular weight excluding hydrogens is 284 g/mol. The van der Waals surface area contributed by atoms with Gasteiger partial charge in [-0.2, -0.15) is 0 Å². The standard InChI is InChI=1S/C13H9ClN2O4/c14-9-3-1-2-7(13(19)20)11(9)16-12(18)8-6-15-5-4-10(8)17/h1-6H,(H,15,17)(H,16,18)(H,19,20). The molecule has 0 saturated carbocycles. The van der Waals surface area contributed by atoms with Gasteiger partial charge in [-0.05, 0) is 12.1 Å². The monoisotopic (exact) mass is 292 g/mol. The summed E-state index contributed by atoms with van der Waals surface area (Å²) in [6, 6.07) is 5.40. The van der Waals surface area contributed by atoms with Crippen molar-refractivity contribution >= 4 is 29.2 Å². The predicted octanol–water partition coefficient (Wildman–Crippen LogP) is 1.98. The summed E-state index contributed by atoms with van der Waals surface area (Å²) in [5.74, 6) is -1.97. The van der Waals surface area contributed by atoms with Crippen molar-refractivity contribution in [2.75, 3.05) is 5.32 Å². The molecule has 0 bridgehead atoms. The van der Waals surface area contributed by atoms with Crippen LogP contribution in [0.4, 0.5) is 5.69 Å². The van der Waals surface area contributed by atoms with E-state index in [0.717, 1.165) is 0 Å². The number of carboxylic acid groups (broad SMARTS) is 1. The average Bonchev–Trinajstić information content (AvgIpc) is 2.41. The molecule has 1 heterocycles. The molecular formula is C13H9ClN2O4. The van der Waals surface area contributed by atoms with Crippen molar-refractivity contribution in [3.05, 3.63) is 63.0 Å². The van der Waals surface area contributed by atoms with E-state index in [1.165, 1.54) is 36.7 Å². The summed E-state index contributed by atoms with van der Waals surface area (Å²) in [5, 5.41) is 11.5. The first kappa shape index (κ1) is 13.8. The minimum atomic E-state index is -1.23. The highest BCUT2D eigenvalue weighted by Gasteiger charge is 2.17. The van der Waals surface area contributed by atoms with Gasteiger partial charge in [0, 0.05) is 18.5 Å². The molecule has 0 atom stereocenters. The fraction of sp³-hybridized carbons (Fsp3) is 0. The van der Waals surface area contributed by atoms with Crippen molar-refractivity contribution < 1.29 is 14.7 Å². The molecule has 0 spiro atoms. The Morgan fingerprint density at radius 1 is 1.20 bits per heavy atom. The number of H-pyrrole nitrogens is 1. The Hall–Kier alpha value is -2.60. The fourth-order valence-corrected chi connectivity index (χ4v) is 1.83. The van der Waals surface area contributed by atoms with Crippen LogP contribution in [-0.2, 0) is 0 Å². The Morgan fingerprint density at radius 3 is 2.60 bits per heavy atom. The topological polar surface area (TPSA) is 99.3 Å². The number of benzene rings is 1. The number of para-hydroxylation sites is 1. The molecule has 102 valence electrons. The van der Waals surface area contributed by atoms with Crippen LogP contribution in [0.1, 0.15) is 20.7 Å². The zero-order chi connectivity index (χ0) is 14.7. The number of aromatic carboxylic acids is 1. The van der Waals surface area contributed by atoms with Crippen molar-refractivity contribution in [2.24, 2.45) is 0 Å². The number of carbonyl (C=O) groups is 2. The summed E-state index contributed by atoms with van der Waals surface area (Å²) in [4.78, 5) is 37.2. The van der Waals surface area contributed by atoms with Gasteiger partial charge in [-0.1, -0.05) is 17.7 Å². The molecule has 0 aliphatic rings. The zero-order valence-electron chi connectivity index (χ0n) is 10.0. The van der Waals surface area contributed by atoms with Gasteiger partial charge < -0.3 is 15.4 Å². The van der Waals surface area contributed by atoms with E-state index in [0.29, 0.717) is 0 Å². The number of rotatable bonds is 3. The first-order valence-corrected chi connectivity index (χ1v) is 5.88. The lowest BCUT2D eigenvalue weighted by molar-refractivity contribution is 0.0698. The van der Waals surface area contributed by atoms with Crippen LogP contribution in [0.3, 0.4) is 0 Å². The van der Waals surface area contributed by atoms with Gasteiger partial charge in [-0.15, -0.1) is 0 Å². The highest BCUT2D eigenvalue weighted by Crippen LogP contribution is 2.26. The molecule has 3 N–H and O–H groups in total. The van der Waals surface area contributed by atoms with Gasteiger partial charge in [0.25, 0.3) is 5.91 Å². The molecule has 1 aromatic heterocycles. The number of carbonyl (C=O) groups excluding carboxylic acids is 1. The second-order valence-corrected chi connectivity index (χ2v) is 4.25. The average molecular weight is 293 g/mol. The third-order valence-corrected chi connectivity index (χ3v) is 2.87. The normalized spacial score (nSPS) is 10.1. The number of halogens is 1. The molecule has 0 unspecified atom stereocenters. The number of hydrogen-bond acceptors (Lipinski definition) is 3. The minimum Gasteiger partial charge on any atom is -0.478 e. The lowest BCUT2D eigenvalue weighted by Gasteiger charge is -2.09. The Balaban J connectivity index is 2.41. The summed E-state index contributed by atoms with van der Waals surface area (Å²) in [5.41, 5.74) is -0.818. The van der Waals surface area contributed by atoms with Crippen LogP contribution in [-0.4, -0.2) is 22.0 Å². The number of aromatic amines is 1. The second kappa shape index (κ2) is 5.58. The maximum atomic E-state index is 12.0. The lowest BCUT2D eigenvalue weighted by Crippen LogP contribution is -2.22. The Bertz CT molecular complexity index is 739. The van der Waals surface area contributed by atoms with Gasteiger partial charge in [0.05, 0.1) is 16.3 Å². The van der Waals surface area contributed by atoms with Gasteiger partial charge in [-0.3, -0.25) is 9.59 Å². The Morgan fingerprint density at radius 2 is 1.95 bits per heavy atom. The smallest absolute Gasteiger partial charge is 0.337 e. The van der Waals surface area contributed by atoms with E-state index in [1.54, 1.807) is 0 Å². The third-order valence-electron chi connectivity index (χ3n) is 2.55. The van der Waals surface area contributed by atoms with E-state index in [1.807, 2.05) is 0 Å². The van der Waals surface area contributed by atoms with Gasteiger partial charge in [0.15, 0.2) is 5.43 Å². The highest BCUT2D eigenvalue weighted by molar-refractivity contribution is 6.34. The Labute approximate surface area is 118 Å². The molecule has 1 aromatic carbocycles. The quantitative estimate of drug-likeness (QED) is 0.805. The van der Waals surface area contributed by atoms with Gasteiger partial charge in [0.2, 0.25) is 0 Å². The molecule has 0 radical (unpaired) electrons. The van der Waals surface area contributed by atoms with Crippen molar-refractivity contribution in [1.82, 2.24) is 4.98 Å². The van der Waals surface area contributed by atoms with Gasteiger partial charge >= 0.3 is 5.97 Å². The van der Waals surface area contributed by atoms with Crippen LogP contribution < -0.4 is 10.7 Å². The molecule has 6 nitrogen and oxygen atoms in total. The first-order valence-electron chi connectivity index (χ1n) is 5.51. The molecule has 1 amide bonds. The summed E-state index contributed by atoms with van der Waals surface area (Å²) in [7, 11) is 0. The van der Waals surface area contributed by atoms with E-state index >= 15 is 0 Å². The van der Waals surface area contributed by atoms with E-state index in [2.05, 4.69) is 10.3 Å².